The topological polar surface area (TPSA) is 32.3 Å². The minimum atomic E-state index is 0.192. The van der Waals surface area contributed by atoms with Gasteiger partial charge in [-0.1, -0.05) is 30.3 Å². The smallest absolute Gasteiger partial charge is 0.220 e. The van der Waals surface area contributed by atoms with Crippen molar-refractivity contribution in [1.29, 1.82) is 0 Å². The van der Waals surface area contributed by atoms with Crippen LogP contribution in [0.3, 0.4) is 0 Å². The van der Waals surface area contributed by atoms with Gasteiger partial charge in [-0.05, 0) is 80.1 Å². The van der Waals surface area contributed by atoms with E-state index >= 15 is 0 Å². The van der Waals surface area contributed by atoms with Gasteiger partial charge in [0.2, 0.25) is 5.91 Å². The monoisotopic (exact) mass is 382 g/mol. The molecule has 2 aromatic rings. The van der Waals surface area contributed by atoms with Crippen LogP contribution in [0.4, 0.5) is 0 Å². The standard InChI is InChI=1S/C23H30N2OS/c1-17(2)24-22(26)14-18-15-23(21-8-4-3-7-20(18)21)9-11-25(12-10-23)16-19-6-5-13-27-19/h3-8,13,17-18H,9-12,14-16H2,1-2H3,(H,24,26)/t18-/m0/s1. The van der Waals surface area contributed by atoms with Crippen molar-refractivity contribution in [3.63, 3.8) is 0 Å². The Morgan fingerprint density at radius 2 is 2.00 bits per heavy atom. The first-order chi connectivity index (χ1) is 13.1. The first-order valence-corrected chi connectivity index (χ1v) is 11.1. The van der Waals surface area contributed by atoms with E-state index in [1.807, 2.05) is 25.2 Å². The molecule has 1 aromatic heterocycles. The third kappa shape index (κ3) is 3.97. The van der Waals surface area contributed by atoms with E-state index in [4.69, 9.17) is 0 Å². The molecule has 0 unspecified atom stereocenters. The van der Waals surface area contributed by atoms with Crippen molar-refractivity contribution in [2.45, 2.75) is 63.5 Å². The fourth-order valence-corrected chi connectivity index (χ4v) is 5.80. The molecule has 4 rings (SSSR count). The van der Waals surface area contributed by atoms with Crippen LogP contribution in [0, 0.1) is 0 Å². The van der Waals surface area contributed by atoms with Gasteiger partial charge in [0.25, 0.3) is 0 Å². The van der Waals surface area contributed by atoms with Gasteiger partial charge in [0.1, 0.15) is 0 Å². The maximum Gasteiger partial charge on any atom is 0.220 e. The van der Waals surface area contributed by atoms with Gasteiger partial charge in [0.15, 0.2) is 0 Å². The van der Waals surface area contributed by atoms with E-state index in [9.17, 15) is 4.79 Å². The molecule has 0 radical (unpaired) electrons. The van der Waals surface area contributed by atoms with Gasteiger partial charge < -0.3 is 5.32 Å². The molecule has 2 aliphatic rings. The van der Waals surface area contributed by atoms with E-state index < -0.39 is 0 Å². The molecule has 1 saturated heterocycles. The van der Waals surface area contributed by atoms with Crippen molar-refractivity contribution in [3.8, 4) is 0 Å². The van der Waals surface area contributed by atoms with Crippen LogP contribution in [0.5, 0.6) is 0 Å². The Labute approximate surface area is 166 Å². The SMILES string of the molecule is CC(C)NC(=O)C[C@H]1CC2(CCN(Cc3cccs3)CC2)c2ccccc21. The summed E-state index contributed by atoms with van der Waals surface area (Å²) in [6, 6.07) is 13.5. The zero-order valence-corrected chi connectivity index (χ0v) is 17.2. The number of nitrogens with zero attached hydrogens (tertiary/aromatic N) is 1. The molecule has 4 heteroatoms. The van der Waals surface area contributed by atoms with Crippen LogP contribution in [0.2, 0.25) is 0 Å². The molecule has 2 heterocycles. The zero-order chi connectivity index (χ0) is 18.9. The lowest BCUT2D eigenvalue weighted by atomic mass is 9.73. The second-order valence-electron chi connectivity index (χ2n) is 8.55. The molecule has 144 valence electrons. The summed E-state index contributed by atoms with van der Waals surface area (Å²) in [6.07, 6.45) is 4.16. The van der Waals surface area contributed by atoms with Crippen LogP contribution < -0.4 is 5.32 Å². The largest absolute Gasteiger partial charge is 0.354 e. The highest BCUT2D eigenvalue weighted by Gasteiger charge is 2.45. The van der Waals surface area contributed by atoms with E-state index in [1.165, 1.54) is 28.8 Å². The Balaban J connectivity index is 1.46. The lowest BCUT2D eigenvalue weighted by Crippen LogP contribution is -2.41. The number of carbonyl (C=O) groups excluding carboxylic acids is 1. The predicted octanol–water partition coefficient (Wildman–Crippen LogP) is 4.68. The molecular weight excluding hydrogens is 352 g/mol. The van der Waals surface area contributed by atoms with Crippen LogP contribution in [0.1, 0.15) is 61.5 Å². The van der Waals surface area contributed by atoms with Crippen molar-refractivity contribution in [2.24, 2.45) is 0 Å². The Morgan fingerprint density at radius 1 is 1.22 bits per heavy atom. The number of likely N-dealkylation sites (tertiary alicyclic amines) is 1. The predicted molar refractivity (Wildman–Crippen MR) is 112 cm³/mol. The van der Waals surface area contributed by atoms with E-state index in [1.54, 1.807) is 0 Å². The van der Waals surface area contributed by atoms with Crippen molar-refractivity contribution in [2.75, 3.05) is 13.1 Å². The van der Waals surface area contributed by atoms with Crippen molar-refractivity contribution in [3.05, 3.63) is 57.8 Å². The Hall–Kier alpha value is -1.65. The van der Waals surface area contributed by atoms with Gasteiger partial charge in [-0.15, -0.1) is 11.3 Å². The number of hydrogen-bond acceptors (Lipinski definition) is 3. The maximum absolute atomic E-state index is 12.4. The van der Waals surface area contributed by atoms with Crippen molar-refractivity contribution < 1.29 is 4.79 Å². The second-order valence-corrected chi connectivity index (χ2v) is 9.58. The lowest BCUT2D eigenvalue weighted by molar-refractivity contribution is -0.122. The highest BCUT2D eigenvalue weighted by Crippen LogP contribution is 2.52. The zero-order valence-electron chi connectivity index (χ0n) is 16.4. The number of fused-ring (bicyclic) bond motifs is 2. The van der Waals surface area contributed by atoms with Gasteiger partial charge in [-0.3, -0.25) is 9.69 Å². The highest BCUT2D eigenvalue weighted by molar-refractivity contribution is 7.09. The van der Waals surface area contributed by atoms with E-state index in [0.717, 1.165) is 26.1 Å². The molecule has 1 fully saturated rings. The first kappa shape index (κ1) is 18.7. The number of rotatable bonds is 5. The summed E-state index contributed by atoms with van der Waals surface area (Å²) >= 11 is 1.85. The molecule has 1 aliphatic heterocycles. The van der Waals surface area contributed by atoms with Crippen LogP contribution in [0.25, 0.3) is 0 Å². The van der Waals surface area contributed by atoms with Crippen molar-refractivity contribution >= 4 is 17.2 Å². The summed E-state index contributed by atoms with van der Waals surface area (Å²) in [5.74, 6) is 0.556. The van der Waals surface area contributed by atoms with Crippen molar-refractivity contribution in [1.82, 2.24) is 10.2 Å². The summed E-state index contributed by atoms with van der Waals surface area (Å²) in [4.78, 5) is 16.5. The average molecular weight is 383 g/mol. The van der Waals surface area contributed by atoms with Crippen LogP contribution in [-0.2, 0) is 16.8 Å². The van der Waals surface area contributed by atoms with Gasteiger partial charge in [-0.2, -0.15) is 0 Å². The normalized spacial score (nSPS) is 21.5. The molecule has 27 heavy (non-hydrogen) atoms. The number of amides is 1. The molecular formula is C23H30N2OS. The molecule has 0 bridgehead atoms. The fourth-order valence-electron chi connectivity index (χ4n) is 5.05. The molecule has 1 aliphatic carbocycles. The minimum absolute atomic E-state index is 0.192. The molecule has 1 N–H and O–H groups in total. The number of benzene rings is 1. The van der Waals surface area contributed by atoms with E-state index in [-0.39, 0.29) is 17.4 Å². The number of nitrogens with one attached hydrogen (secondary N) is 1. The minimum Gasteiger partial charge on any atom is -0.354 e. The quantitative estimate of drug-likeness (QED) is 0.814. The highest BCUT2D eigenvalue weighted by atomic mass is 32.1. The Morgan fingerprint density at radius 3 is 2.70 bits per heavy atom. The average Bonchev–Trinajstić information content (AvgIpc) is 3.24. The first-order valence-electron chi connectivity index (χ1n) is 10.2. The number of piperidine rings is 1. The maximum atomic E-state index is 12.4. The van der Waals surface area contributed by atoms with Crippen LogP contribution in [-0.4, -0.2) is 29.9 Å². The summed E-state index contributed by atoms with van der Waals surface area (Å²) < 4.78 is 0. The third-order valence-corrected chi connectivity index (χ3v) is 7.12. The van der Waals surface area contributed by atoms with Gasteiger partial charge in [0, 0.05) is 23.9 Å². The van der Waals surface area contributed by atoms with Crippen LogP contribution in [0.15, 0.2) is 41.8 Å². The summed E-state index contributed by atoms with van der Waals surface area (Å²) in [5, 5.41) is 5.25. The lowest BCUT2D eigenvalue weighted by Gasteiger charge is -2.40. The fraction of sp³-hybridized carbons (Fsp3) is 0.522. The summed E-state index contributed by atoms with van der Waals surface area (Å²) in [5.41, 5.74) is 3.21. The van der Waals surface area contributed by atoms with Gasteiger partial charge in [-0.25, -0.2) is 0 Å². The molecule has 1 amide bonds. The van der Waals surface area contributed by atoms with E-state index in [0.29, 0.717) is 12.3 Å². The van der Waals surface area contributed by atoms with Gasteiger partial charge in [0.05, 0.1) is 0 Å². The van der Waals surface area contributed by atoms with E-state index in [2.05, 4.69) is 52.0 Å². The summed E-state index contributed by atoms with van der Waals surface area (Å²) in [7, 11) is 0. The Bertz CT molecular complexity index is 775. The second kappa shape index (κ2) is 7.76. The van der Waals surface area contributed by atoms with Crippen LogP contribution >= 0.6 is 11.3 Å². The number of thiophene rings is 1. The molecule has 1 atom stereocenters. The summed E-state index contributed by atoms with van der Waals surface area (Å²) in [6.45, 7) is 7.44. The third-order valence-electron chi connectivity index (χ3n) is 6.26. The molecule has 1 spiro atoms. The molecule has 3 nitrogen and oxygen atoms in total. The Kier molecular flexibility index (Phi) is 5.38. The number of hydrogen-bond donors (Lipinski definition) is 1. The molecule has 0 saturated carbocycles. The van der Waals surface area contributed by atoms with Gasteiger partial charge >= 0.3 is 0 Å². The number of carbonyl (C=O) groups is 1. The molecule has 1 aromatic carbocycles.